The molecule has 1 atom stereocenters. The quantitative estimate of drug-likeness (QED) is 0.444. The fraction of sp³-hybridized carbons (Fsp3) is 0.200. The summed E-state index contributed by atoms with van der Waals surface area (Å²) < 4.78 is 16.3. The van der Waals surface area contributed by atoms with E-state index in [9.17, 15) is 9.59 Å². The molecule has 5 rings (SSSR count). The van der Waals surface area contributed by atoms with Crippen LogP contribution in [0.15, 0.2) is 81.8 Å². The summed E-state index contributed by atoms with van der Waals surface area (Å²) in [5.41, 5.74) is 2.20. The molecular weight excluding hydrogens is 436 g/mol. The highest BCUT2D eigenvalue weighted by Gasteiger charge is 2.35. The van der Waals surface area contributed by atoms with Gasteiger partial charge in [0.05, 0.1) is 6.26 Å². The molecule has 0 saturated carbocycles. The summed E-state index contributed by atoms with van der Waals surface area (Å²) in [5, 5.41) is 10.9. The molecule has 0 bridgehead atoms. The highest BCUT2D eigenvalue weighted by Crippen LogP contribution is 2.26. The van der Waals surface area contributed by atoms with E-state index >= 15 is 0 Å². The fourth-order valence-electron chi connectivity index (χ4n) is 3.82. The van der Waals surface area contributed by atoms with Crippen LogP contribution in [-0.4, -0.2) is 39.7 Å². The number of anilines is 1. The van der Waals surface area contributed by atoms with Crippen LogP contribution >= 0.6 is 0 Å². The Hall–Kier alpha value is -4.40. The number of rotatable bonds is 6. The molecule has 1 saturated heterocycles. The number of likely N-dealkylation sites (tertiary alicyclic amines) is 1. The summed E-state index contributed by atoms with van der Waals surface area (Å²) in [7, 11) is 0. The minimum atomic E-state index is -0.574. The number of carbonyl (C=O) groups is 2. The number of benzene rings is 2. The first-order valence-electron chi connectivity index (χ1n) is 10.9. The molecule has 3 heterocycles. The summed E-state index contributed by atoms with van der Waals surface area (Å²) in [5.74, 6) is 0.871. The molecule has 9 nitrogen and oxygen atoms in total. The van der Waals surface area contributed by atoms with Crippen molar-refractivity contribution >= 4 is 17.7 Å². The van der Waals surface area contributed by atoms with Crippen molar-refractivity contribution in [2.75, 3.05) is 11.9 Å². The van der Waals surface area contributed by atoms with Crippen LogP contribution in [0.2, 0.25) is 0 Å². The van der Waals surface area contributed by atoms with E-state index in [0.717, 1.165) is 12.0 Å². The number of hydrogen-bond donors (Lipinski definition) is 1. The molecule has 1 N–H and O–H groups in total. The van der Waals surface area contributed by atoms with Gasteiger partial charge >= 0.3 is 6.09 Å². The van der Waals surface area contributed by atoms with Gasteiger partial charge in [-0.15, -0.1) is 10.2 Å². The molecule has 0 radical (unpaired) electrons. The molecule has 9 heteroatoms. The van der Waals surface area contributed by atoms with E-state index in [4.69, 9.17) is 13.6 Å². The molecule has 1 aliphatic rings. The second kappa shape index (κ2) is 9.62. The molecule has 4 aromatic rings. The van der Waals surface area contributed by atoms with Crippen molar-refractivity contribution < 1.29 is 23.2 Å². The lowest BCUT2D eigenvalue weighted by atomic mass is 10.1. The number of amides is 2. The maximum absolute atomic E-state index is 12.9. The second-order valence-electron chi connectivity index (χ2n) is 7.85. The monoisotopic (exact) mass is 458 g/mol. The van der Waals surface area contributed by atoms with E-state index in [-0.39, 0.29) is 18.4 Å². The van der Waals surface area contributed by atoms with Crippen molar-refractivity contribution in [1.82, 2.24) is 15.1 Å². The zero-order valence-electron chi connectivity index (χ0n) is 18.2. The van der Waals surface area contributed by atoms with Gasteiger partial charge in [0.1, 0.15) is 12.6 Å². The zero-order chi connectivity index (χ0) is 23.3. The van der Waals surface area contributed by atoms with E-state index in [1.807, 2.05) is 30.3 Å². The van der Waals surface area contributed by atoms with Crippen LogP contribution < -0.4 is 5.32 Å². The number of furan rings is 1. The number of aromatic nitrogens is 2. The van der Waals surface area contributed by atoms with E-state index in [0.29, 0.717) is 35.9 Å². The third-order valence-electron chi connectivity index (χ3n) is 5.55. The lowest BCUT2D eigenvalue weighted by molar-refractivity contribution is -0.120. The third kappa shape index (κ3) is 4.68. The molecule has 172 valence electrons. The van der Waals surface area contributed by atoms with Crippen molar-refractivity contribution in [2.45, 2.75) is 25.5 Å². The standard InChI is InChI=1S/C25H22N4O5/c30-22(20-8-4-14-29(20)25(31)33-16-17-6-2-1-3-7-17)26-19-12-10-18(11-13-19)23-27-28-24(34-23)21-9-5-15-32-21/h1-3,5-7,9-13,15,20H,4,8,14,16H2,(H,26,30). The SMILES string of the molecule is O=C(Nc1ccc(-c2nnc(-c3ccco3)o2)cc1)C1CCCN1C(=O)OCc1ccccc1. The van der Waals surface area contributed by atoms with Gasteiger partial charge in [-0.25, -0.2) is 4.79 Å². The summed E-state index contributed by atoms with van der Waals surface area (Å²) in [4.78, 5) is 26.9. The minimum absolute atomic E-state index is 0.170. The van der Waals surface area contributed by atoms with E-state index in [2.05, 4.69) is 15.5 Å². The number of carbonyl (C=O) groups excluding carboxylic acids is 2. The highest BCUT2D eigenvalue weighted by molar-refractivity contribution is 5.97. The molecule has 0 spiro atoms. The van der Waals surface area contributed by atoms with Crippen molar-refractivity contribution in [2.24, 2.45) is 0 Å². The first-order chi connectivity index (χ1) is 16.7. The number of hydrogen-bond acceptors (Lipinski definition) is 7. The first-order valence-corrected chi connectivity index (χ1v) is 10.9. The fourth-order valence-corrected chi connectivity index (χ4v) is 3.82. The molecule has 2 aromatic heterocycles. The lowest BCUT2D eigenvalue weighted by Crippen LogP contribution is -2.43. The maximum Gasteiger partial charge on any atom is 0.410 e. The molecule has 1 fully saturated rings. The molecule has 2 aromatic carbocycles. The molecule has 1 unspecified atom stereocenters. The molecule has 34 heavy (non-hydrogen) atoms. The molecule has 1 aliphatic heterocycles. The Labute approximate surface area is 195 Å². The Morgan fingerprint density at radius 3 is 2.56 bits per heavy atom. The van der Waals surface area contributed by atoms with Crippen LogP contribution in [0.1, 0.15) is 18.4 Å². The van der Waals surface area contributed by atoms with Gasteiger partial charge in [-0.2, -0.15) is 0 Å². The maximum atomic E-state index is 12.9. The van der Waals surface area contributed by atoms with Crippen molar-refractivity contribution in [3.8, 4) is 23.1 Å². The number of nitrogens with zero attached hydrogens (tertiary/aromatic N) is 3. The van der Waals surface area contributed by atoms with Gasteiger partial charge in [0.2, 0.25) is 11.8 Å². The Bertz CT molecular complexity index is 1250. The molecular formula is C25H22N4O5. The summed E-state index contributed by atoms with van der Waals surface area (Å²) >= 11 is 0. The predicted molar refractivity (Wildman–Crippen MR) is 122 cm³/mol. The summed E-state index contributed by atoms with van der Waals surface area (Å²) in [6.07, 6.45) is 2.38. The van der Waals surface area contributed by atoms with E-state index in [1.165, 1.54) is 11.2 Å². The van der Waals surface area contributed by atoms with Crippen molar-refractivity contribution in [3.05, 3.63) is 78.6 Å². The van der Waals surface area contributed by atoms with Gasteiger partial charge in [-0.05, 0) is 54.8 Å². The zero-order valence-corrected chi connectivity index (χ0v) is 18.2. The van der Waals surface area contributed by atoms with Gasteiger partial charge < -0.3 is 18.9 Å². The normalized spacial score (nSPS) is 15.3. The van der Waals surface area contributed by atoms with Gasteiger partial charge in [-0.3, -0.25) is 9.69 Å². The first kappa shape index (κ1) is 21.4. The Balaban J connectivity index is 1.19. The average molecular weight is 458 g/mol. The predicted octanol–water partition coefficient (Wildman–Crippen LogP) is 4.74. The summed E-state index contributed by atoms with van der Waals surface area (Å²) in [6.45, 7) is 0.656. The molecule has 2 amide bonds. The van der Waals surface area contributed by atoms with Crippen LogP contribution in [0, 0.1) is 0 Å². The topological polar surface area (TPSA) is 111 Å². The second-order valence-corrected chi connectivity index (χ2v) is 7.85. The van der Waals surface area contributed by atoms with Crippen molar-refractivity contribution in [3.63, 3.8) is 0 Å². The Morgan fingerprint density at radius 2 is 1.79 bits per heavy atom. The van der Waals surface area contributed by atoms with Crippen LogP contribution in [0.5, 0.6) is 0 Å². The lowest BCUT2D eigenvalue weighted by Gasteiger charge is -2.23. The van der Waals surface area contributed by atoms with E-state index in [1.54, 1.807) is 36.4 Å². The Kier molecular flexibility index (Phi) is 6.07. The average Bonchev–Trinajstić information content (AvgIpc) is 3.65. The van der Waals surface area contributed by atoms with E-state index < -0.39 is 12.1 Å². The Morgan fingerprint density at radius 1 is 1.00 bits per heavy atom. The molecule has 0 aliphatic carbocycles. The van der Waals surface area contributed by atoms with Crippen LogP contribution in [0.25, 0.3) is 23.1 Å². The van der Waals surface area contributed by atoms with Crippen LogP contribution in [0.3, 0.4) is 0 Å². The van der Waals surface area contributed by atoms with Crippen molar-refractivity contribution in [1.29, 1.82) is 0 Å². The van der Waals surface area contributed by atoms with Gasteiger partial charge in [0.25, 0.3) is 5.89 Å². The number of ether oxygens (including phenoxy) is 1. The van der Waals surface area contributed by atoms with Crippen LogP contribution in [-0.2, 0) is 16.1 Å². The highest BCUT2D eigenvalue weighted by atomic mass is 16.6. The minimum Gasteiger partial charge on any atom is -0.459 e. The van der Waals surface area contributed by atoms with Gasteiger partial charge in [-0.1, -0.05) is 30.3 Å². The van der Waals surface area contributed by atoms with Gasteiger partial charge in [0.15, 0.2) is 5.76 Å². The third-order valence-corrected chi connectivity index (χ3v) is 5.55. The van der Waals surface area contributed by atoms with Gasteiger partial charge in [0, 0.05) is 17.8 Å². The smallest absolute Gasteiger partial charge is 0.410 e. The summed E-state index contributed by atoms with van der Waals surface area (Å²) in [6, 6.07) is 19.4. The largest absolute Gasteiger partial charge is 0.459 e. The van der Waals surface area contributed by atoms with Crippen LogP contribution in [0.4, 0.5) is 10.5 Å². The number of nitrogens with one attached hydrogen (secondary N) is 1.